The number of nitrogens with one attached hydrogen (secondary N) is 1. The molecule has 0 unspecified atom stereocenters. The number of nitrogens with zero attached hydrogens (tertiary/aromatic N) is 4. The topological polar surface area (TPSA) is 102 Å². The van der Waals surface area contributed by atoms with Crippen molar-refractivity contribution in [2.75, 3.05) is 0 Å². The molecule has 0 saturated heterocycles. The summed E-state index contributed by atoms with van der Waals surface area (Å²) in [5.74, 6) is -0.737. The van der Waals surface area contributed by atoms with Gasteiger partial charge in [0.25, 0.3) is 5.91 Å². The van der Waals surface area contributed by atoms with Crippen molar-refractivity contribution in [2.24, 2.45) is 5.10 Å². The third-order valence-electron chi connectivity index (χ3n) is 3.31. The maximum Gasteiger partial charge on any atom is 0.320 e. The highest BCUT2D eigenvalue weighted by molar-refractivity contribution is 9.10. The van der Waals surface area contributed by atoms with Gasteiger partial charge in [-0.1, -0.05) is 34.1 Å². The molecule has 0 bridgehead atoms. The molecule has 26 heavy (non-hydrogen) atoms. The lowest BCUT2D eigenvalue weighted by molar-refractivity contribution is -0.385. The van der Waals surface area contributed by atoms with Gasteiger partial charge in [-0.25, -0.2) is 5.43 Å². The summed E-state index contributed by atoms with van der Waals surface area (Å²) in [5.41, 5.74) is 2.51. The van der Waals surface area contributed by atoms with Crippen molar-refractivity contribution < 1.29 is 9.72 Å². The summed E-state index contributed by atoms with van der Waals surface area (Å²) in [4.78, 5) is 23.6. The first-order valence-electron chi connectivity index (χ1n) is 7.36. The number of carbonyl (C=O) groups is 1. The van der Waals surface area contributed by atoms with Crippen molar-refractivity contribution in [3.8, 4) is 0 Å². The van der Waals surface area contributed by atoms with Crippen LogP contribution in [0.2, 0.25) is 0 Å². The van der Waals surface area contributed by atoms with E-state index in [2.05, 4.69) is 31.6 Å². The molecule has 2 heterocycles. The van der Waals surface area contributed by atoms with Crippen molar-refractivity contribution in [1.82, 2.24) is 15.2 Å². The molecule has 10 heteroatoms. The average molecular weight is 434 g/mol. The van der Waals surface area contributed by atoms with Crippen LogP contribution in [-0.2, 0) is 6.54 Å². The highest BCUT2D eigenvalue weighted by Crippen LogP contribution is 2.18. The average Bonchev–Trinajstić information content (AvgIpc) is 3.26. The van der Waals surface area contributed by atoms with Gasteiger partial charge in [0.15, 0.2) is 0 Å². The lowest BCUT2D eigenvalue weighted by Gasteiger charge is -2.01. The Hall–Kier alpha value is -2.85. The normalized spacial score (nSPS) is 11.0. The molecule has 1 N–H and O–H groups in total. The minimum Gasteiger partial charge on any atom is -0.265 e. The summed E-state index contributed by atoms with van der Waals surface area (Å²) in [7, 11) is 0. The van der Waals surface area contributed by atoms with Gasteiger partial charge in [0.05, 0.1) is 17.7 Å². The van der Waals surface area contributed by atoms with E-state index >= 15 is 0 Å². The van der Waals surface area contributed by atoms with E-state index in [4.69, 9.17) is 0 Å². The van der Waals surface area contributed by atoms with Gasteiger partial charge in [-0.15, -0.1) is 11.3 Å². The lowest BCUT2D eigenvalue weighted by Crippen LogP contribution is -2.19. The van der Waals surface area contributed by atoms with Gasteiger partial charge in [0, 0.05) is 9.35 Å². The number of hydrogen-bond donors (Lipinski definition) is 1. The third-order valence-corrected chi connectivity index (χ3v) is 4.65. The smallest absolute Gasteiger partial charge is 0.265 e. The SMILES string of the molecule is O=C(N/N=C/c1cccs1)c1nn(Cc2ccc(Br)cc2)cc1[N+](=O)[O-]. The van der Waals surface area contributed by atoms with Crippen LogP contribution in [0.3, 0.4) is 0 Å². The summed E-state index contributed by atoms with van der Waals surface area (Å²) < 4.78 is 2.29. The van der Waals surface area contributed by atoms with Crippen molar-refractivity contribution in [3.05, 3.63) is 78.7 Å². The third kappa shape index (κ3) is 4.41. The number of halogens is 1. The minimum atomic E-state index is -0.737. The van der Waals surface area contributed by atoms with Crippen LogP contribution in [0.25, 0.3) is 0 Å². The minimum absolute atomic E-state index is 0.282. The molecule has 1 aromatic carbocycles. The number of hydrogen-bond acceptors (Lipinski definition) is 6. The molecule has 132 valence electrons. The molecule has 0 fully saturated rings. The summed E-state index contributed by atoms with van der Waals surface area (Å²) in [5, 5.41) is 20.9. The van der Waals surface area contributed by atoms with E-state index in [9.17, 15) is 14.9 Å². The fourth-order valence-corrected chi connectivity index (χ4v) is 2.99. The quantitative estimate of drug-likeness (QED) is 0.365. The monoisotopic (exact) mass is 433 g/mol. The Morgan fingerprint density at radius 3 is 2.81 bits per heavy atom. The fraction of sp³-hybridized carbons (Fsp3) is 0.0625. The number of rotatable bonds is 6. The second-order valence-electron chi connectivity index (χ2n) is 5.16. The standard InChI is InChI=1S/C16H12BrN5O3S/c17-12-5-3-11(4-6-12)9-21-10-14(22(24)25)15(20-21)16(23)19-18-8-13-2-1-7-26-13/h1-8,10H,9H2,(H,19,23)/b18-8+. The molecule has 8 nitrogen and oxygen atoms in total. The summed E-state index contributed by atoms with van der Waals surface area (Å²) in [6, 6.07) is 11.1. The largest absolute Gasteiger partial charge is 0.320 e. The van der Waals surface area contributed by atoms with Crippen LogP contribution in [0, 0.1) is 10.1 Å². The van der Waals surface area contributed by atoms with E-state index in [0.717, 1.165) is 14.9 Å². The Labute approximate surface area is 160 Å². The van der Waals surface area contributed by atoms with Gasteiger partial charge in [-0.3, -0.25) is 19.6 Å². The molecular formula is C16H12BrN5O3S. The molecule has 2 aromatic heterocycles. The molecule has 0 spiro atoms. The zero-order valence-electron chi connectivity index (χ0n) is 13.2. The second kappa shape index (κ2) is 8.02. The predicted octanol–water partition coefficient (Wildman–Crippen LogP) is 3.43. The molecule has 0 radical (unpaired) electrons. The van der Waals surface area contributed by atoms with Gasteiger partial charge in [-0.2, -0.15) is 10.2 Å². The van der Waals surface area contributed by atoms with Gasteiger partial charge >= 0.3 is 5.69 Å². The predicted molar refractivity (Wildman–Crippen MR) is 102 cm³/mol. The van der Waals surface area contributed by atoms with Gasteiger partial charge < -0.3 is 0 Å². The molecule has 3 aromatic rings. The number of benzene rings is 1. The zero-order chi connectivity index (χ0) is 18.5. The van der Waals surface area contributed by atoms with Crippen molar-refractivity contribution in [3.63, 3.8) is 0 Å². The van der Waals surface area contributed by atoms with Crippen LogP contribution in [-0.4, -0.2) is 26.8 Å². The van der Waals surface area contributed by atoms with Crippen LogP contribution in [0.15, 0.2) is 57.5 Å². The Kier molecular flexibility index (Phi) is 5.54. The Morgan fingerprint density at radius 1 is 1.38 bits per heavy atom. The first kappa shape index (κ1) is 18.0. The number of amides is 1. The summed E-state index contributed by atoms with van der Waals surface area (Å²) in [6.45, 7) is 0.305. The first-order valence-corrected chi connectivity index (χ1v) is 9.03. The van der Waals surface area contributed by atoms with E-state index in [0.29, 0.717) is 6.54 Å². The van der Waals surface area contributed by atoms with Crippen LogP contribution in [0.5, 0.6) is 0 Å². The van der Waals surface area contributed by atoms with E-state index in [1.165, 1.54) is 28.4 Å². The molecule has 0 saturated carbocycles. The molecule has 1 amide bonds. The van der Waals surface area contributed by atoms with E-state index in [-0.39, 0.29) is 11.4 Å². The number of aromatic nitrogens is 2. The molecule has 3 rings (SSSR count). The molecular weight excluding hydrogens is 422 g/mol. The van der Waals surface area contributed by atoms with E-state index in [1.54, 1.807) is 0 Å². The number of hydrazone groups is 1. The summed E-state index contributed by atoms with van der Waals surface area (Å²) >= 11 is 4.80. The van der Waals surface area contributed by atoms with Crippen LogP contribution < -0.4 is 5.43 Å². The van der Waals surface area contributed by atoms with Crippen molar-refractivity contribution in [2.45, 2.75) is 6.54 Å². The Morgan fingerprint density at radius 2 is 2.15 bits per heavy atom. The van der Waals surface area contributed by atoms with Gasteiger partial charge in [0.2, 0.25) is 5.69 Å². The number of carbonyl (C=O) groups excluding carboxylic acids is 1. The maximum atomic E-state index is 12.2. The maximum absolute atomic E-state index is 12.2. The van der Waals surface area contributed by atoms with Crippen LogP contribution in [0.1, 0.15) is 20.9 Å². The van der Waals surface area contributed by atoms with Crippen molar-refractivity contribution in [1.29, 1.82) is 0 Å². The fourth-order valence-electron chi connectivity index (χ4n) is 2.14. The zero-order valence-corrected chi connectivity index (χ0v) is 15.6. The number of thiophene rings is 1. The van der Waals surface area contributed by atoms with Crippen LogP contribution >= 0.6 is 27.3 Å². The Balaban J connectivity index is 1.77. The summed E-state index contributed by atoms with van der Waals surface area (Å²) in [6.07, 6.45) is 2.70. The molecule has 0 aliphatic heterocycles. The molecule has 0 atom stereocenters. The van der Waals surface area contributed by atoms with Gasteiger partial charge in [-0.05, 0) is 29.1 Å². The van der Waals surface area contributed by atoms with E-state index in [1.807, 2.05) is 41.8 Å². The highest BCUT2D eigenvalue weighted by Gasteiger charge is 2.25. The van der Waals surface area contributed by atoms with E-state index < -0.39 is 10.8 Å². The lowest BCUT2D eigenvalue weighted by atomic mass is 10.2. The molecule has 0 aliphatic carbocycles. The second-order valence-corrected chi connectivity index (χ2v) is 7.05. The molecule has 0 aliphatic rings. The highest BCUT2D eigenvalue weighted by atomic mass is 79.9. The Bertz CT molecular complexity index is 951. The van der Waals surface area contributed by atoms with Crippen LogP contribution in [0.4, 0.5) is 5.69 Å². The first-order chi connectivity index (χ1) is 12.5. The van der Waals surface area contributed by atoms with Gasteiger partial charge in [0.1, 0.15) is 6.20 Å². The van der Waals surface area contributed by atoms with Crippen molar-refractivity contribution >= 4 is 45.1 Å². The number of nitro groups is 1.